The van der Waals surface area contributed by atoms with Crippen LogP contribution in [-0.4, -0.2) is 21.6 Å². The van der Waals surface area contributed by atoms with Gasteiger partial charge in [0, 0.05) is 18.3 Å². The van der Waals surface area contributed by atoms with E-state index in [1.54, 1.807) is 37.7 Å². The van der Waals surface area contributed by atoms with E-state index in [4.69, 9.17) is 9.47 Å². The number of nitrogens with zero attached hydrogens (tertiary/aromatic N) is 3. The van der Waals surface area contributed by atoms with Crippen molar-refractivity contribution < 1.29 is 9.47 Å². The van der Waals surface area contributed by atoms with Crippen LogP contribution in [0.2, 0.25) is 0 Å². The predicted octanol–water partition coefficient (Wildman–Crippen LogP) is 3.17. The van der Waals surface area contributed by atoms with E-state index in [-0.39, 0.29) is 17.6 Å². The maximum Gasteiger partial charge on any atom is 0.305 e. The lowest BCUT2D eigenvalue weighted by Crippen LogP contribution is -2.24. The van der Waals surface area contributed by atoms with Crippen LogP contribution >= 0.6 is 0 Å². The van der Waals surface area contributed by atoms with Gasteiger partial charge in [-0.05, 0) is 32.0 Å². The molecule has 0 fully saturated rings. The molecule has 3 rings (SSSR count). The minimum absolute atomic E-state index is 0.0897. The number of hydrogen-bond acceptors (Lipinski definition) is 5. The molecule has 0 saturated heterocycles. The second kappa shape index (κ2) is 6.08. The fraction of sp³-hybridized carbons (Fsp3) is 0.235. The summed E-state index contributed by atoms with van der Waals surface area (Å²) in [6.07, 6.45) is 3.14. The largest absolute Gasteiger partial charge is 0.497 e. The van der Waals surface area contributed by atoms with Crippen LogP contribution in [0.4, 0.5) is 0 Å². The van der Waals surface area contributed by atoms with Gasteiger partial charge in [0.2, 0.25) is 0 Å². The Morgan fingerprint density at radius 1 is 1.17 bits per heavy atom. The fourth-order valence-electron chi connectivity index (χ4n) is 2.33. The first-order chi connectivity index (χ1) is 11.1. The Balaban J connectivity index is 2.15. The van der Waals surface area contributed by atoms with Crippen LogP contribution in [0.15, 0.2) is 47.5 Å². The molecule has 0 amide bonds. The molecule has 0 saturated carbocycles. The Labute approximate surface area is 133 Å². The van der Waals surface area contributed by atoms with Crippen molar-refractivity contribution in [3.63, 3.8) is 0 Å². The number of pyridine rings is 1. The Bertz CT molecular complexity index is 903. The van der Waals surface area contributed by atoms with Crippen LogP contribution in [0.5, 0.6) is 17.5 Å². The second-order valence-electron chi connectivity index (χ2n) is 5.34. The smallest absolute Gasteiger partial charge is 0.305 e. The number of methoxy groups -OCH3 is 1. The summed E-state index contributed by atoms with van der Waals surface area (Å²) >= 11 is 0. The van der Waals surface area contributed by atoms with E-state index >= 15 is 0 Å². The number of rotatable bonds is 4. The predicted molar refractivity (Wildman–Crippen MR) is 87.3 cm³/mol. The van der Waals surface area contributed by atoms with Gasteiger partial charge in [-0.1, -0.05) is 6.07 Å². The van der Waals surface area contributed by atoms with Crippen LogP contribution < -0.4 is 15.0 Å². The van der Waals surface area contributed by atoms with E-state index in [9.17, 15) is 4.79 Å². The molecule has 0 unspecified atom stereocenters. The van der Waals surface area contributed by atoms with Gasteiger partial charge < -0.3 is 9.47 Å². The summed E-state index contributed by atoms with van der Waals surface area (Å²) in [5.74, 6) is 1.22. The number of hydrogen-bond donors (Lipinski definition) is 0. The molecule has 0 aliphatic carbocycles. The molecule has 0 N–H and O–H groups in total. The lowest BCUT2D eigenvalue weighted by molar-refractivity contribution is 0.376. The summed E-state index contributed by atoms with van der Waals surface area (Å²) in [6.45, 7) is 3.82. The zero-order valence-electron chi connectivity index (χ0n) is 13.2. The quantitative estimate of drug-likeness (QED) is 0.740. The van der Waals surface area contributed by atoms with Crippen LogP contribution in [0.25, 0.3) is 10.9 Å². The van der Waals surface area contributed by atoms with E-state index in [2.05, 4.69) is 9.97 Å². The van der Waals surface area contributed by atoms with Gasteiger partial charge in [-0.15, -0.1) is 0 Å². The highest BCUT2D eigenvalue weighted by atomic mass is 16.5. The van der Waals surface area contributed by atoms with Gasteiger partial charge in [-0.2, -0.15) is 4.98 Å². The lowest BCUT2D eigenvalue weighted by Gasteiger charge is -2.16. The van der Waals surface area contributed by atoms with Crippen molar-refractivity contribution in [2.24, 2.45) is 0 Å². The van der Waals surface area contributed by atoms with E-state index in [1.165, 1.54) is 4.57 Å². The molecule has 3 aromatic rings. The average Bonchev–Trinajstić information content (AvgIpc) is 2.55. The normalized spacial score (nSPS) is 11.0. The van der Waals surface area contributed by atoms with E-state index in [1.807, 2.05) is 26.0 Å². The summed E-state index contributed by atoms with van der Waals surface area (Å²) < 4.78 is 12.6. The summed E-state index contributed by atoms with van der Waals surface area (Å²) in [7, 11) is 1.59. The number of benzene rings is 1. The zero-order chi connectivity index (χ0) is 16.4. The molecular formula is C17H17N3O3. The van der Waals surface area contributed by atoms with Gasteiger partial charge in [-0.25, -0.2) is 0 Å². The molecule has 1 aromatic carbocycles. The molecule has 2 heterocycles. The monoisotopic (exact) mass is 311 g/mol. The van der Waals surface area contributed by atoms with Crippen LogP contribution in [0.3, 0.4) is 0 Å². The Kier molecular flexibility index (Phi) is 3.97. The number of ether oxygens (including phenoxy) is 2. The van der Waals surface area contributed by atoms with Crippen molar-refractivity contribution in [2.45, 2.75) is 19.9 Å². The van der Waals surface area contributed by atoms with Crippen molar-refractivity contribution >= 4 is 10.9 Å². The van der Waals surface area contributed by atoms with Gasteiger partial charge in [-0.3, -0.25) is 14.3 Å². The van der Waals surface area contributed by atoms with Crippen LogP contribution in [0, 0.1) is 0 Å². The maximum atomic E-state index is 12.7. The van der Waals surface area contributed by atoms with E-state index in [0.29, 0.717) is 22.4 Å². The average molecular weight is 311 g/mol. The molecule has 0 aliphatic rings. The zero-order valence-corrected chi connectivity index (χ0v) is 13.2. The third-order valence-electron chi connectivity index (χ3n) is 3.44. The summed E-state index contributed by atoms with van der Waals surface area (Å²) in [6, 6.07) is 8.97. The van der Waals surface area contributed by atoms with Gasteiger partial charge in [0.05, 0.1) is 24.2 Å². The molecular weight excluding hydrogens is 294 g/mol. The molecule has 0 bridgehead atoms. The topological polar surface area (TPSA) is 66.2 Å². The molecule has 0 aliphatic heterocycles. The first-order valence-electron chi connectivity index (χ1n) is 7.28. The standard InChI is InChI=1S/C17H17N3O3/c1-11(2)20-16(21)14-7-8-18-10-15(14)19-17(20)23-13-6-4-5-12(9-13)22-3/h4-11H,1-3H3. The number of aromatic nitrogens is 3. The van der Waals surface area contributed by atoms with Crippen LogP contribution in [-0.2, 0) is 0 Å². The minimum atomic E-state index is -0.148. The molecule has 23 heavy (non-hydrogen) atoms. The molecule has 6 heteroatoms. The van der Waals surface area contributed by atoms with Crippen molar-refractivity contribution in [1.82, 2.24) is 14.5 Å². The van der Waals surface area contributed by atoms with Crippen LogP contribution in [0.1, 0.15) is 19.9 Å². The SMILES string of the molecule is COc1cccc(Oc2nc3cnccc3c(=O)n2C(C)C)c1. The molecule has 118 valence electrons. The second-order valence-corrected chi connectivity index (χ2v) is 5.34. The third kappa shape index (κ3) is 2.88. The highest BCUT2D eigenvalue weighted by molar-refractivity contribution is 5.76. The Morgan fingerprint density at radius 2 is 1.96 bits per heavy atom. The Morgan fingerprint density at radius 3 is 2.70 bits per heavy atom. The Hall–Kier alpha value is -2.89. The first-order valence-corrected chi connectivity index (χ1v) is 7.28. The molecule has 6 nitrogen and oxygen atoms in total. The summed E-state index contributed by atoms with van der Waals surface area (Å²) in [4.78, 5) is 21.2. The minimum Gasteiger partial charge on any atom is -0.497 e. The molecule has 2 aromatic heterocycles. The lowest BCUT2D eigenvalue weighted by atomic mass is 10.3. The van der Waals surface area contributed by atoms with Gasteiger partial charge in [0.15, 0.2) is 0 Å². The summed E-state index contributed by atoms with van der Waals surface area (Å²) in [5, 5.41) is 0.520. The highest BCUT2D eigenvalue weighted by Crippen LogP contribution is 2.25. The van der Waals surface area contributed by atoms with Crippen molar-refractivity contribution in [1.29, 1.82) is 0 Å². The third-order valence-corrected chi connectivity index (χ3v) is 3.44. The molecule has 0 spiro atoms. The maximum absolute atomic E-state index is 12.7. The van der Waals surface area contributed by atoms with Crippen molar-refractivity contribution in [3.05, 3.63) is 53.1 Å². The fourth-order valence-corrected chi connectivity index (χ4v) is 2.33. The van der Waals surface area contributed by atoms with Gasteiger partial charge in [0.1, 0.15) is 11.5 Å². The van der Waals surface area contributed by atoms with E-state index < -0.39 is 0 Å². The molecule has 0 radical (unpaired) electrons. The summed E-state index contributed by atoms with van der Waals surface area (Å²) in [5.41, 5.74) is 0.359. The van der Waals surface area contributed by atoms with Gasteiger partial charge in [0.25, 0.3) is 5.56 Å². The first kappa shape index (κ1) is 15.0. The van der Waals surface area contributed by atoms with Crippen molar-refractivity contribution in [3.8, 4) is 17.5 Å². The number of fused-ring (bicyclic) bond motifs is 1. The van der Waals surface area contributed by atoms with E-state index in [0.717, 1.165) is 0 Å². The molecule has 0 atom stereocenters. The van der Waals surface area contributed by atoms with Gasteiger partial charge >= 0.3 is 6.01 Å². The van der Waals surface area contributed by atoms with Crippen molar-refractivity contribution in [2.75, 3.05) is 7.11 Å². The highest BCUT2D eigenvalue weighted by Gasteiger charge is 2.15.